The van der Waals surface area contributed by atoms with E-state index in [1.54, 1.807) is 0 Å². The topological polar surface area (TPSA) is 66.4 Å². The minimum absolute atomic E-state index is 0.394. The summed E-state index contributed by atoms with van der Waals surface area (Å²) in [5.41, 5.74) is 0.394. The van der Waals surface area contributed by atoms with E-state index in [2.05, 4.69) is 37.2 Å². The van der Waals surface area contributed by atoms with Crippen LogP contribution < -0.4 is 5.32 Å². The van der Waals surface area contributed by atoms with Crippen LogP contribution >= 0.6 is 31.9 Å². The number of aliphatic carboxylic acids is 1. The van der Waals surface area contributed by atoms with Crippen LogP contribution in [0.2, 0.25) is 0 Å². The summed E-state index contributed by atoms with van der Waals surface area (Å²) in [6.45, 7) is 0. The van der Waals surface area contributed by atoms with Crippen LogP contribution in [0.25, 0.3) is 0 Å². The maximum atomic E-state index is 12.6. The molecule has 0 aliphatic carbocycles. The molecular formula is C10H8Br2FNO3. The second-order valence-electron chi connectivity index (χ2n) is 3.14. The number of anilines is 1. The zero-order valence-corrected chi connectivity index (χ0v) is 11.5. The van der Waals surface area contributed by atoms with Gasteiger partial charge in [0.25, 0.3) is 0 Å². The number of hydrogen-bond acceptors (Lipinski definition) is 2. The van der Waals surface area contributed by atoms with E-state index in [0.29, 0.717) is 5.69 Å². The number of amides is 1. The highest BCUT2D eigenvalue weighted by molar-refractivity contribution is 9.12. The molecule has 92 valence electrons. The van der Waals surface area contributed by atoms with E-state index in [9.17, 15) is 14.0 Å². The van der Waals surface area contributed by atoms with E-state index in [1.807, 2.05) is 0 Å². The summed E-state index contributed by atoms with van der Waals surface area (Å²) in [6.07, 6.45) is 0. The monoisotopic (exact) mass is 367 g/mol. The molecule has 0 saturated heterocycles. The van der Waals surface area contributed by atoms with Crippen LogP contribution in [0, 0.1) is 5.82 Å². The lowest BCUT2D eigenvalue weighted by atomic mass is 10.2. The van der Waals surface area contributed by atoms with Gasteiger partial charge in [-0.2, -0.15) is 0 Å². The van der Waals surface area contributed by atoms with Gasteiger partial charge in [-0.15, -0.1) is 0 Å². The molecule has 2 N–H and O–H groups in total. The molecule has 1 aromatic carbocycles. The Labute approximate surface area is 113 Å². The number of halogens is 3. The third kappa shape index (κ3) is 4.08. The largest absolute Gasteiger partial charge is 0.480 e. The Bertz CT molecular complexity index is 424. The maximum Gasteiger partial charge on any atom is 0.318 e. The molecule has 0 heterocycles. The minimum atomic E-state index is -1.15. The SMILES string of the molecule is O=C(Nc1ccc(F)cc1)[C@@H](Br)[C@@H](Br)C(=O)O. The lowest BCUT2D eigenvalue weighted by Crippen LogP contribution is -2.34. The highest BCUT2D eigenvalue weighted by atomic mass is 79.9. The number of benzene rings is 1. The summed E-state index contributed by atoms with van der Waals surface area (Å²) in [5, 5.41) is 11.2. The van der Waals surface area contributed by atoms with Crippen molar-refractivity contribution in [1.82, 2.24) is 0 Å². The molecule has 2 atom stereocenters. The number of hydrogen-bond donors (Lipinski definition) is 2. The van der Waals surface area contributed by atoms with Crippen molar-refractivity contribution in [2.45, 2.75) is 9.65 Å². The van der Waals surface area contributed by atoms with Gasteiger partial charge in [-0.25, -0.2) is 4.39 Å². The van der Waals surface area contributed by atoms with E-state index >= 15 is 0 Å². The third-order valence-corrected chi connectivity index (χ3v) is 4.43. The third-order valence-electron chi connectivity index (χ3n) is 1.86. The summed E-state index contributed by atoms with van der Waals surface area (Å²) in [6, 6.07) is 5.16. The first-order chi connectivity index (χ1) is 7.91. The Morgan fingerprint density at radius 1 is 1.18 bits per heavy atom. The molecule has 1 rings (SSSR count). The maximum absolute atomic E-state index is 12.6. The second kappa shape index (κ2) is 6.11. The Kier molecular flexibility index (Phi) is 5.07. The van der Waals surface area contributed by atoms with Gasteiger partial charge >= 0.3 is 5.97 Å². The average molecular weight is 369 g/mol. The van der Waals surface area contributed by atoms with Crippen LogP contribution in [0.1, 0.15) is 0 Å². The fourth-order valence-electron chi connectivity index (χ4n) is 1.00. The van der Waals surface area contributed by atoms with Crippen LogP contribution in [0.4, 0.5) is 10.1 Å². The molecule has 0 unspecified atom stereocenters. The average Bonchev–Trinajstić information content (AvgIpc) is 2.30. The number of nitrogens with one attached hydrogen (secondary N) is 1. The molecule has 1 aromatic rings. The van der Waals surface area contributed by atoms with Gasteiger partial charge in [-0.1, -0.05) is 31.9 Å². The Hall–Kier alpha value is -0.950. The van der Waals surface area contributed by atoms with Crippen molar-refractivity contribution in [3.63, 3.8) is 0 Å². The molecular weight excluding hydrogens is 361 g/mol. The van der Waals surface area contributed by atoms with Crippen molar-refractivity contribution >= 4 is 49.4 Å². The van der Waals surface area contributed by atoms with Gasteiger partial charge in [0.2, 0.25) is 5.91 Å². The molecule has 0 aliphatic heterocycles. The van der Waals surface area contributed by atoms with Crippen molar-refractivity contribution in [2.24, 2.45) is 0 Å². The summed E-state index contributed by atoms with van der Waals surface area (Å²) in [5.74, 6) is -2.09. The van der Waals surface area contributed by atoms with Crippen molar-refractivity contribution < 1.29 is 19.1 Å². The van der Waals surface area contributed by atoms with E-state index in [0.717, 1.165) is 0 Å². The van der Waals surface area contributed by atoms with Crippen LogP contribution in [0.3, 0.4) is 0 Å². The number of rotatable bonds is 4. The standard InChI is InChI=1S/C10H8Br2FNO3/c11-7(8(12)10(16)17)9(15)14-6-3-1-5(13)2-4-6/h1-4,7-8H,(H,14,15)(H,16,17)/t7-,8+/m0/s1. The molecule has 0 saturated carbocycles. The first kappa shape index (κ1) is 14.1. The van der Waals surface area contributed by atoms with Gasteiger partial charge in [0.1, 0.15) is 15.5 Å². The first-order valence-corrected chi connectivity index (χ1v) is 6.32. The van der Waals surface area contributed by atoms with Crippen molar-refractivity contribution in [1.29, 1.82) is 0 Å². The Morgan fingerprint density at radius 3 is 2.18 bits per heavy atom. The fraction of sp³-hybridized carbons (Fsp3) is 0.200. The molecule has 4 nitrogen and oxygen atoms in total. The Morgan fingerprint density at radius 2 is 1.71 bits per heavy atom. The molecule has 0 aromatic heterocycles. The van der Waals surface area contributed by atoms with Crippen molar-refractivity contribution in [3.8, 4) is 0 Å². The number of alkyl halides is 2. The summed E-state index contributed by atoms with van der Waals surface area (Å²) in [7, 11) is 0. The lowest BCUT2D eigenvalue weighted by molar-refractivity contribution is -0.137. The predicted octanol–water partition coefficient (Wildman–Crippen LogP) is 2.38. The molecule has 0 spiro atoms. The number of carboxylic acid groups (broad SMARTS) is 1. The van der Waals surface area contributed by atoms with Gasteiger partial charge in [-0.05, 0) is 24.3 Å². The number of carbonyl (C=O) groups is 2. The van der Waals surface area contributed by atoms with Gasteiger partial charge in [0, 0.05) is 5.69 Å². The molecule has 7 heteroatoms. The van der Waals surface area contributed by atoms with E-state index in [1.165, 1.54) is 24.3 Å². The molecule has 0 radical (unpaired) electrons. The summed E-state index contributed by atoms with van der Waals surface area (Å²) < 4.78 is 12.6. The van der Waals surface area contributed by atoms with Crippen LogP contribution in [0.15, 0.2) is 24.3 Å². The van der Waals surface area contributed by atoms with E-state index in [4.69, 9.17) is 5.11 Å². The van der Waals surface area contributed by atoms with Gasteiger partial charge in [0.15, 0.2) is 0 Å². The number of carbonyl (C=O) groups excluding carboxylic acids is 1. The number of carboxylic acids is 1. The molecule has 0 aliphatic rings. The van der Waals surface area contributed by atoms with E-state index in [-0.39, 0.29) is 0 Å². The molecule has 0 fully saturated rings. The van der Waals surface area contributed by atoms with Gasteiger partial charge < -0.3 is 10.4 Å². The van der Waals surface area contributed by atoms with E-state index < -0.39 is 27.3 Å². The lowest BCUT2D eigenvalue weighted by Gasteiger charge is -2.13. The fourth-order valence-corrected chi connectivity index (χ4v) is 1.58. The van der Waals surface area contributed by atoms with Gasteiger partial charge in [-0.3, -0.25) is 9.59 Å². The zero-order chi connectivity index (χ0) is 13.0. The summed E-state index contributed by atoms with van der Waals surface area (Å²) in [4.78, 5) is 20.3. The normalized spacial score (nSPS) is 13.8. The van der Waals surface area contributed by atoms with Crippen molar-refractivity contribution in [3.05, 3.63) is 30.1 Å². The minimum Gasteiger partial charge on any atom is -0.480 e. The molecule has 17 heavy (non-hydrogen) atoms. The molecule has 1 amide bonds. The second-order valence-corrected chi connectivity index (χ2v) is 5.11. The van der Waals surface area contributed by atoms with Crippen molar-refractivity contribution in [2.75, 3.05) is 5.32 Å². The van der Waals surface area contributed by atoms with Gasteiger partial charge in [0.05, 0.1) is 0 Å². The quantitative estimate of drug-likeness (QED) is 0.802. The van der Waals surface area contributed by atoms with Crippen LogP contribution in [0.5, 0.6) is 0 Å². The first-order valence-electron chi connectivity index (χ1n) is 4.49. The smallest absolute Gasteiger partial charge is 0.318 e. The molecule has 0 bridgehead atoms. The van der Waals surface area contributed by atoms with Crippen LogP contribution in [-0.2, 0) is 9.59 Å². The zero-order valence-electron chi connectivity index (χ0n) is 8.36. The Balaban J connectivity index is 2.66. The highest BCUT2D eigenvalue weighted by Crippen LogP contribution is 2.17. The van der Waals surface area contributed by atoms with Crippen LogP contribution in [-0.4, -0.2) is 26.6 Å². The predicted molar refractivity (Wildman–Crippen MR) is 68.1 cm³/mol. The highest BCUT2D eigenvalue weighted by Gasteiger charge is 2.29. The summed E-state index contributed by atoms with van der Waals surface area (Å²) >= 11 is 5.83.